The van der Waals surface area contributed by atoms with Gasteiger partial charge in [0.1, 0.15) is 30.0 Å². The van der Waals surface area contributed by atoms with E-state index >= 15 is 0 Å². The number of rotatable bonds is 4. The number of benzene rings is 1. The standard InChI is InChI=1S/C13H16O9/c14-4-7-9(16)10(17)11(18)13(22-7)21-6-3-1-2-5(8(6)15)12(19)20/h1-3,7,9-11,13-18H,4H2,(H,19,20)/t7-,9-,10+,11-,13-/m1/s1. The van der Waals surface area contributed by atoms with Crippen molar-refractivity contribution in [1.82, 2.24) is 0 Å². The maximum atomic E-state index is 10.9. The SMILES string of the molecule is O=C(O)c1cccc(O[C@@H]2O[C@H](CO)[C@@H](O)[C@H](O)[C@H]2O)c1O. The van der Waals surface area contributed by atoms with Crippen molar-refractivity contribution in [2.45, 2.75) is 30.7 Å². The van der Waals surface area contributed by atoms with Crippen molar-refractivity contribution in [3.05, 3.63) is 23.8 Å². The Morgan fingerprint density at radius 1 is 1.18 bits per heavy atom. The predicted molar refractivity (Wildman–Crippen MR) is 69.5 cm³/mol. The molecule has 1 saturated heterocycles. The van der Waals surface area contributed by atoms with Crippen molar-refractivity contribution in [2.24, 2.45) is 0 Å². The van der Waals surface area contributed by atoms with Crippen molar-refractivity contribution in [3.8, 4) is 11.5 Å². The number of para-hydroxylation sites is 1. The average molecular weight is 316 g/mol. The van der Waals surface area contributed by atoms with E-state index in [1.807, 2.05) is 0 Å². The smallest absolute Gasteiger partial charge is 0.339 e. The molecule has 0 bridgehead atoms. The van der Waals surface area contributed by atoms with Crippen LogP contribution in [0.1, 0.15) is 10.4 Å². The van der Waals surface area contributed by atoms with E-state index in [0.29, 0.717) is 0 Å². The van der Waals surface area contributed by atoms with Crippen LogP contribution >= 0.6 is 0 Å². The molecule has 1 fully saturated rings. The van der Waals surface area contributed by atoms with Crippen molar-refractivity contribution in [2.75, 3.05) is 6.61 Å². The molecular weight excluding hydrogens is 300 g/mol. The highest BCUT2D eigenvalue weighted by Gasteiger charge is 2.45. The number of phenols is 1. The van der Waals surface area contributed by atoms with Crippen LogP contribution in [0.25, 0.3) is 0 Å². The van der Waals surface area contributed by atoms with E-state index < -0.39 is 54.6 Å². The fourth-order valence-electron chi connectivity index (χ4n) is 2.08. The second-order valence-corrected chi connectivity index (χ2v) is 4.77. The van der Waals surface area contributed by atoms with E-state index in [-0.39, 0.29) is 5.75 Å². The highest BCUT2D eigenvalue weighted by molar-refractivity contribution is 5.91. The lowest BCUT2D eigenvalue weighted by Crippen LogP contribution is -2.60. The number of aromatic carboxylic acids is 1. The lowest BCUT2D eigenvalue weighted by molar-refractivity contribution is -0.277. The van der Waals surface area contributed by atoms with E-state index in [1.165, 1.54) is 12.1 Å². The van der Waals surface area contributed by atoms with Gasteiger partial charge in [0.2, 0.25) is 6.29 Å². The Hall–Kier alpha value is -1.91. The molecule has 5 atom stereocenters. The quantitative estimate of drug-likeness (QED) is 0.380. The molecular formula is C13H16O9. The molecule has 0 saturated carbocycles. The molecule has 22 heavy (non-hydrogen) atoms. The Labute approximate surface area is 124 Å². The minimum atomic E-state index is -1.66. The van der Waals surface area contributed by atoms with Gasteiger partial charge in [-0.3, -0.25) is 0 Å². The highest BCUT2D eigenvalue weighted by Crippen LogP contribution is 2.32. The van der Waals surface area contributed by atoms with Gasteiger partial charge in [0.05, 0.1) is 6.61 Å². The summed E-state index contributed by atoms with van der Waals surface area (Å²) >= 11 is 0. The molecule has 9 nitrogen and oxygen atoms in total. The van der Waals surface area contributed by atoms with Crippen LogP contribution in [0, 0.1) is 0 Å². The van der Waals surface area contributed by atoms with E-state index in [2.05, 4.69) is 0 Å². The molecule has 2 rings (SSSR count). The second-order valence-electron chi connectivity index (χ2n) is 4.77. The van der Waals surface area contributed by atoms with Gasteiger partial charge in [0.15, 0.2) is 11.5 Å². The average Bonchev–Trinajstić information content (AvgIpc) is 2.49. The lowest BCUT2D eigenvalue weighted by Gasteiger charge is -2.39. The number of carbonyl (C=O) groups is 1. The van der Waals surface area contributed by atoms with Crippen molar-refractivity contribution in [3.63, 3.8) is 0 Å². The van der Waals surface area contributed by atoms with Gasteiger partial charge >= 0.3 is 5.97 Å². The number of carboxylic acid groups (broad SMARTS) is 1. The molecule has 1 heterocycles. The van der Waals surface area contributed by atoms with Gasteiger partial charge < -0.3 is 40.1 Å². The Bertz CT molecular complexity index is 544. The molecule has 0 amide bonds. The molecule has 0 spiro atoms. The Kier molecular flexibility index (Phi) is 4.84. The predicted octanol–water partition coefficient (Wildman–Crippen LogP) is -1.73. The molecule has 0 radical (unpaired) electrons. The topological polar surface area (TPSA) is 157 Å². The first-order chi connectivity index (χ1) is 10.4. The fraction of sp³-hybridized carbons (Fsp3) is 0.462. The van der Waals surface area contributed by atoms with Crippen LogP contribution in [0.15, 0.2) is 18.2 Å². The summed E-state index contributed by atoms with van der Waals surface area (Å²) in [6, 6.07) is 3.70. The van der Waals surface area contributed by atoms with Crippen molar-refractivity contribution >= 4 is 5.97 Å². The summed E-state index contributed by atoms with van der Waals surface area (Å²) in [5.74, 6) is -2.34. The maximum Gasteiger partial charge on any atom is 0.339 e. The molecule has 9 heteroatoms. The molecule has 1 aliphatic heterocycles. The van der Waals surface area contributed by atoms with Gasteiger partial charge in [-0.15, -0.1) is 0 Å². The summed E-state index contributed by atoms with van der Waals surface area (Å²) in [7, 11) is 0. The van der Waals surface area contributed by atoms with E-state index in [9.17, 15) is 25.2 Å². The third-order valence-electron chi connectivity index (χ3n) is 3.32. The second kappa shape index (κ2) is 6.46. The lowest BCUT2D eigenvalue weighted by atomic mass is 9.99. The van der Waals surface area contributed by atoms with Crippen LogP contribution in [0.5, 0.6) is 11.5 Å². The number of aromatic hydroxyl groups is 1. The number of hydrogen-bond donors (Lipinski definition) is 6. The van der Waals surface area contributed by atoms with Crippen LogP contribution in [-0.2, 0) is 4.74 Å². The summed E-state index contributed by atoms with van der Waals surface area (Å²) in [4.78, 5) is 10.9. The minimum Gasteiger partial charge on any atom is -0.504 e. The summed E-state index contributed by atoms with van der Waals surface area (Å²) in [5, 5.41) is 56.9. The maximum absolute atomic E-state index is 10.9. The molecule has 1 aromatic carbocycles. The number of ether oxygens (including phenoxy) is 2. The van der Waals surface area contributed by atoms with Crippen LogP contribution < -0.4 is 4.74 Å². The zero-order valence-corrected chi connectivity index (χ0v) is 11.2. The molecule has 0 aromatic heterocycles. The van der Waals surface area contributed by atoms with E-state index in [1.54, 1.807) is 0 Å². The number of aliphatic hydroxyl groups is 4. The van der Waals surface area contributed by atoms with Gasteiger partial charge in [-0.1, -0.05) is 6.07 Å². The third kappa shape index (κ3) is 2.98. The monoisotopic (exact) mass is 316 g/mol. The third-order valence-corrected chi connectivity index (χ3v) is 3.32. The first-order valence-corrected chi connectivity index (χ1v) is 6.39. The number of aliphatic hydroxyl groups excluding tert-OH is 4. The highest BCUT2D eigenvalue weighted by atomic mass is 16.7. The molecule has 0 unspecified atom stereocenters. The summed E-state index contributed by atoms with van der Waals surface area (Å²) in [6.45, 7) is -0.633. The number of hydrogen-bond acceptors (Lipinski definition) is 8. The Morgan fingerprint density at radius 2 is 1.86 bits per heavy atom. The fourth-order valence-corrected chi connectivity index (χ4v) is 2.08. The van der Waals surface area contributed by atoms with Gasteiger partial charge in [0, 0.05) is 0 Å². The number of carboxylic acids is 1. The van der Waals surface area contributed by atoms with E-state index in [4.69, 9.17) is 19.7 Å². The summed E-state index contributed by atoms with van der Waals surface area (Å²) in [6.07, 6.45) is -7.52. The van der Waals surface area contributed by atoms with E-state index in [0.717, 1.165) is 6.07 Å². The molecule has 1 aromatic rings. The minimum absolute atomic E-state index is 0.288. The van der Waals surface area contributed by atoms with Gasteiger partial charge in [-0.25, -0.2) is 4.79 Å². The molecule has 0 aliphatic carbocycles. The Balaban J connectivity index is 2.23. The molecule has 1 aliphatic rings. The van der Waals surface area contributed by atoms with Crippen LogP contribution in [-0.4, -0.2) is 73.9 Å². The first kappa shape index (κ1) is 16.5. The Morgan fingerprint density at radius 3 is 2.45 bits per heavy atom. The summed E-state index contributed by atoms with van der Waals surface area (Å²) < 4.78 is 10.3. The normalized spacial score (nSPS) is 31.7. The van der Waals surface area contributed by atoms with Crippen LogP contribution in [0.4, 0.5) is 0 Å². The van der Waals surface area contributed by atoms with Gasteiger partial charge in [-0.2, -0.15) is 0 Å². The molecule has 6 N–H and O–H groups in total. The summed E-state index contributed by atoms with van der Waals surface area (Å²) in [5.41, 5.74) is -0.415. The van der Waals surface area contributed by atoms with Crippen molar-refractivity contribution in [1.29, 1.82) is 0 Å². The van der Waals surface area contributed by atoms with Gasteiger partial charge in [0.25, 0.3) is 0 Å². The zero-order chi connectivity index (χ0) is 16.4. The first-order valence-electron chi connectivity index (χ1n) is 6.39. The van der Waals surface area contributed by atoms with Crippen LogP contribution in [0.3, 0.4) is 0 Å². The largest absolute Gasteiger partial charge is 0.504 e. The van der Waals surface area contributed by atoms with Crippen LogP contribution in [0.2, 0.25) is 0 Å². The van der Waals surface area contributed by atoms with Crippen molar-refractivity contribution < 1.29 is 44.9 Å². The molecule has 122 valence electrons. The zero-order valence-electron chi connectivity index (χ0n) is 11.2. The van der Waals surface area contributed by atoms with Gasteiger partial charge in [-0.05, 0) is 12.1 Å².